The number of hydrogen-bond donors (Lipinski definition) is 1. The van der Waals surface area contributed by atoms with Crippen molar-refractivity contribution >= 4 is 27.3 Å². The summed E-state index contributed by atoms with van der Waals surface area (Å²) in [6.07, 6.45) is 0. The minimum Gasteiger partial charge on any atom is -0.311 e. The number of amides is 1. The van der Waals surface area contributed by atoms with E-state index in [1.807, 2.05) is 43.3 Å². The van der Waals surface area contributed by atoms with Gasteiger partial charge in [0.1, 0.15) is 0 Å². The first kappa shape index (κ1) is 19.6. The molecule has 28 heavy (non-hydrogen) atoms. The summed E-state index contributed by atoms with van der Waals surface area (Å²) in [5.74, 6) is -0.279. The largest absolute Gasteiger partial charge is 0.311 e. The van der Waals surface area contributed by atoms with Gasteiger partial charge < -0.3 is 4.90 Å². The van der Waals surface area contributed by atoms with Crippen LogP contribution >= 0.6 is 0 Å². The summed E-state index contributed by atoms with van der Waals surface area (Å²) in [5.41, 5.74) is 3.04. The van der Waals surface area contributed by atoms with Crippen molar-refractivity contribution in [1.29, 1.82) is 0 Å². The Morgan fingerprint density at radius 3 is 2.29 bits per heavy atom. The molecule has 3 aromatic carbocycles. The lowest BCUT2D eigenvalue weighted by Crippen LogP contribution is -2.26. The van der Waals surface area contributed by atoms with Crippen LogP contribution < -0.4 is 9.62 Å². The number of benzene rings is 3. The zero-order valence-corrected chi connectivity index (χ0v) is 16.8. The molecular weight excluding hydrogens is 372 g/mol. The van der Waals surface area contributed by atoms with Crippen molar-refractivity contribution in [2.45, 2.75) is 18.7 Å². The van der Waals surface area contributed by atoms with Gasteiger partial charge in [0.2, 0.25) is 0 Å². The summed E-state index contributed by atoms with van der Waals surface area (Å²) in [5, 5.41) is 0. The second-order valence-corrected chi connectivity index (χ2v) is 8.31. The Balaban J connectivity index is 1.93. The number of para-hydroxylation sites is 1. The Hall–Kier alpha value is -3.12. The molecule has 0 aliphatic heterocycles. The van der Waals surface area contributed by atoms with Crippen LogP contribution in [0, 0.1) is 13.8 Å². The number of carbonyl (C=O) groups is 1. The first-order chi connectivity index (χ1) is 13.3. The molecule has 6 heteroatoms. The van der Waals surface area contributed by atoms with Crippen molar-refractivity contribution in [3.8, 4) is 0 Å². The summed E-state index contributed by atoms with van der Waals surface area (Å²) in [4.78, 5) is 14.4. The Labute approximate surface area is 165 Å². The van der Waals surface area contributed by atoms with E-state index in [2.05, 4.69) is 4.72 Å². The van der Waals surface area contributed by atoms with Crippen LogP contribution in [-0.4, -0.2) is 21.4 Å². The van der Waals surface area contributed by atoms with Crippen molar-refractivity contribution in [3.05, 3.63) is 89.5 Å². The number of rotatable bonds is 5. The van der Waals surface area contributed by atoms with Crippen LogP contribution in [0.15, 0.2) is 77.7 Å². The fourth-order valence-electron chi connectivity index (χ4n) is 2.90. The van der Waals surface area contributed by atoms with Gasteiger partial charge in [0.05, 0.1) is 4.90 Å². The first-order valence-electron chi connectivity index (χ1n) is 8.81. The lowest BCUT2D eigenvalue weighted by atomic mass is 10.1. The summed E-state index contributed by atoms with van der Waals surface area (Å²) in [6, 6.07) is 21.0. The Kier molecular flexibility index (Phi) is 5.51. The minimum absolute atomic E-state index is 0.0846. The molecule has 3 rings (SSSR count). The third kappa shape index (κ3) is 4.23. The zero-order valence-electron chi connectivity index (χ0n) is 16.0. The Morgan fingerprint density at radius 1 is 0.893 bits per heavy atom. The van der Waals surface area contributed by atoms with E-state index in [0.29, 0.717) is 16.8 Å². The average molecular weight is 394 g/mol. The van der Waals surface area contributed by atoms with Crippen molar-refractivity contribution in [2.75, 3.05) is 16.7 Å². The monoisotopic (exact) mass is 394 g/mol. The van der Waals surface area contributed by atoms with E-state index in [9.17, 15) is 13.2 Å². The third-order valence-corrected chi connectivity index (χ3v) is 5.97. The van der Waals surface area contributed by atoms with Crippen LogP contribution in [0.2, 0.25) is 0 Å². The van der Waals surface area contributed by atoms with Gasteiger partial charge in [-0.2, -0.15) is 0 Å². The molecule has 0 aromatic heterocycles. The van der Waals surface area contributed by atoms with Gasteiger partial charge in [-0.3, -0.25) is 9.52 Å². The van der Waals surface area contributed by atoms with Gasteiger partial charge in [-0.05, 0) is 61.4 Å². The highest BCUT2D eigenvalue weighted by molar-refractivity contribution is 7.92. The maximum atomic E-state index is 12.9. The van der Waals surface area contributed by atoms with Crippen molar-refractivity contribution in [1.82, 2.24) is 0 Å². The molecule has 0 bridgehead atoms. The quantitative estimate of drug-likeness (QED) is 0.698. The highest BCUT2D eigenvalue weighted by Crippen LogP contribution is 2.23. The van der Waals surface area contributed by atoms with Gasteiger partial charge >= 0.3 is 0 Å². The average Bonchev–Trinajstić information content (AvgIpc) is 2.67. The third-order valence-electron chi connectivity index (χ3n) is 4.44. The van der Waals surface area contributed by atoms with Gasteiger partial charge in [0.25, 0.3) is 15.9 Å². The molecular formula is C22H22N2O3S. The molecule has 0 atom stereocenters. The van der Waals surface area contributed by atoms with E-state index < -0.39 is 10.0 Å². The highest BCUT2D eigenvalue weighted by atomic mass is 32.2. The van der Waals surface area contributed by atoms with Crippen LogP contribution in [0.3, 0.4) is 0 Å². The number of anilines is 2. The van der Waals surface area contributed by atoms with E-state index in [-0.39, 0.29) is 10.8 Å². The summed E-state index contributed by atoms with van der Waals surface area (Å²) < 4.78 is 28.4. The Bertz CT molecular complexity index is 1110. The number of carbonyl (C=O) groups excluding carboxylic acids is 1. The number of aryl methyl sites for hydroxylation is 2. The van der Waals surface area contributed by atoms with Crippen LogP contribution in [0.4, 0.5) is 11.4 Å². The number of hydrogen-bond acceptors (Lipinski definition) is 3. The maximum absolute atomic E-state index is 12.9. The molecule has 0 saturated heterocycles. The van der Waals surface area contributed by atoms with Crippen LogP contribution in [0.1, 0.15) is 21.5 Å². The molecule has 0 aliphatic rings. The summed E-state index contributed by atoms with van der Waals surface area (Å²) >= 11 is 0. The molecule has 144 valence electrons. The molecule has 1 N–H and O–H groups in total. The van der Waals surface area contributed by atoms with Crippen LogP contribution in [0.5, 0.6) is 0 Å². The highest BCUT2D eigenvalue weighted by Gasteiger charge is 2.21. The van der Waals surface area contributed by atoms with Crippen molar-refractivity contribution in [3.63, 3.8) is 0 Å². The molecule has 0 radical (unpaired) electrons. The fourth-order valence-corrected chi connectivity index (χ4v) is 4.23. The van der Waals surface area contributed by atoms with Gasteiger partial charge in [0, 0.05) is 24.0 Å². The van der Waals surface area contributed by atoms with Crippen molar-refractivity contribution in [2.24, 2.45) is 0 Å². The molecule has 0 unspecified atom stereocenters. The summed E-state index contributed by atoms with van der Waals surface area (Å²) in [7, 11) is -2.16. The van der Waals surface area contributed by atoms with E-state index in [4.69, 9.17) is 0 Å². The van der Waals surface area contributed by atoms with Crippen molar-refractivity contribution < 1.29 is 13.2 Å². The normalized spacial score (nSPS) is 11.1. The van der Waals surface area contributed by atoms with Gasteiger partial charge in [-0.15, -0.1) is 0 Å². The topological polar surface area (TPSA) is 66.5 Å². The van der Waals surface area contributed by atoms with E-state index in [0.717, 1.165) is 11.3 Å². The van der Waals surface area contributed by atoms with Gasteiger partial charge in [0.15, 0.2) is 0 Å². The Morgan fingerprint density at radius 2 is 1.61 bits per heavy atom. The van der Waals surface area contributed by atoms with Gasteiger partial charge in [-0.1, -0.05) is 36.4 Å². The lowest BCUT2D eigenvalue weighted by molar-refractivity contribution is 0.0993. The second-order valence-electron chi connectivity index (χ2n) is 6.65. The molecule has 0 spiro atoms. The maximum Gasteiger partial charge on any atom is 0.262 e. The predicted molar refractivity (Wildman–Crippen MR) is 112 cm³/mol. The fraction of sp³-hybridized carbons (Fsp3) is 0.136. The molecule has 0 heterocycles. The SMILES string of the molecule is Cc1cccc(NS(=O)(=O)c2cc(C(=O)N(C)c3ccccc3)ccc2C)c1. The first-order valence-corrected chi connectivity index (χ1v) is 10.3. The van der Waals surface area contributed by atoms with E-state index in [1.54, 1.807) is 44.3 Å². The molecule has 0 saturated carbocycles. The molecule has 0 aliphatic carbocycles. The summed E-state index contributed by atoms with van der Waals surface area (Å²) in [6.45, 7) is 3.60. The molecule has 3 aromatic rings. The molecule has 1 amide bonds. The molecule has 0 fully saturated rings. The number of nitrogens with zero attached hydrogens (tertiary/aromatic N) is 1. The lowest BCUT2D eigenvalue weighted by Gasteiger charge is -2.18. The molecule has 5 nitrogen and oxygen atoms in total. The number of nitrogens with one attached hydrogen (secondary N) is 1. The minimum atomic E-state index is -3.83. The standard InChI is InChI=1S/C22H22N2O3S/c1-16-8-7-9-19(14-16)23-28(26,27)21-15-18(13-12-17(21)2)22(25)24(3)20-10-5-4-6-11-20/h4-15,23H,1-3H3. The zero-order chi connectivity index (χ0) is 20.3. The smallest absolute Gasteiger partial charge is 0.262 e. The van der Waals surface area contributed by atoms with E-state index in [1.165, 1.54) is 11.0 Å². The predicted octanol–water partition coefficient (Wildman–Crippen LogP) is 4.38. The number of sulfonamides is 1. The van der Waals surface area contributed by atoms with E-state index >= 15 is 0 Å². The second kappa shape index (κ2) is 7.86. The van der Waals surface area contributed by atoms with Crippen LogP contribution in [-0.2, 0) is 10.0 Å². The van der Waals surface area contributed by atoms with Crippen LogP contribution in [0.25, 0.3) is 0 Å². The van der Waals surface area contributed by atoms with Gasteiger partial charge in [-0.25, -0.2) is 8.42 Å².